The number of amides is 2. The van der Waals surface area contributed by atoms with Crippen molar-refractivity contribution in [1.29, 1.82) is 10.5 Å². The van der Waals surface area contributed by atoms with Gasteiger partial charge in [0.25, 0.3) is 0 Å². The molecule has 2 saturated heterocycles. The maximum atomic E-state index is 14.7. The van der Waals surface area contributed by atoms with Gasteiger partial charge in [-0.05, 0) is 212 Å². The Morgan fingerprint density at radius 1 is 0.527 bits per heavy atom. The number of piperazine rings is 2. The van der Waals surface area contributed by atoms with E-state index in [4.69, 9.17) is 52.1 Å². The molecule has 0 spiro atoms. The summed E-state index contributed by atoms with van der Waals surface area (Å²) in [5.74, 6) is 6.24. The number of carbonyl (C=O) groups is 4. The molecule has 0 saturated carbocycles. The first-order chi connectivity index (χ1) is 62.9. The summed E-state index contributed by atoms with van der Waals surface area (Å²) < 4.78 is 66.2. The third-order valence-electron chi connectivity index (χ3n) is 27.4. The molecule has 2 aliphatic carbocycles. The highest BCUT2D eigenvalue weighted by atomic mass is 32.2. The lowest BCUT2D eigenvalue weighted by molar-refractivity contribution is -0.151. The molecule has 4 bridgehead atoms. The van der Waals surface area contributed by atoms with Crippen molar-refractivity contribution in [3.8, 4) is 80.4 Å². The number of methoxy groups -OCH3 is 2. The van der Waals surface area contributed by atoms with Gasteiger partial charge in [-0.2, -0.15) is 34.0 Å². The summed E-state index contributed by atoms with van der Waals surface area (Å²) in [5.41, 5.74) is 23.1. The van der Waals surface area contributed by atoms with E-state index in [9.17, 15) is 39.9 Å². The highest BCUT2D eigenvalue weighted by Gasteiger charge is 2.59. The zero-order chi connectivity index (χ0) is 93.1. The number of fused-ring (bicyclic) bond motifs is 24. The number of alkyl carbamates (subject to hydrolysis) is 2. The Balaban J connectivity index is 0.000000160. The first-order valence-corrected chi connectivity index (χ1v) is 47.2. The van der Waals surface area contributed by atoms with Crippen LogP contribution in [0.2, 0.25) is 0 Å². The summed E-state index contributed by atoms with van der Waals surface area (Å²) in [7, 11) is 7.68. The zero-order valence-electron chi connectivity index (χ0n) is 77.5. The maximum Gasteiger partial charge on any atom is 0.408 e. The Morgan fingerprint density at radius 2 is 0.901 bits per heavy atom. The Hall–Kier alpha value is -11.4. The topological polar surface area (TPSA) is 295 Å². The van der Waals surface area contributed by atoms with Crippen LogP contribution in [0.5, 0.6) is 46.0 Å². The summed E-state index contributed by atoms with van der Waals surface area (Å²) in [6.45, 7) is 31.2. The molecule has 25 nitrogen and oxygen atoms in total. The lowest BCUT2D eigenvalue weighted by Crippen LogP contribution is -2.68. The number of carboxylic acids is 1. The number of nitrogens with one attached hydrogen (secondary N) is 2. The highest BCUT2D eigenvalue weighted by Crippen LogP contribution is 2.61. The Kier molecular flexibility index (Phi) is 27.0. The number of aliphatic carboxylic acids is 1. The van der Waals surface area contributed by atoms with E-state index < -0.39 is 71.6 Å². The molecule has 27 heteroatoms. The fraction of sp³-hybridized carbons (Fsp3) is 0.442. The fourth-order valence-electron chi connectivity index (χ4n) is 22.3. The standard InChI is InChI=1S/C52H58N4O8S.C30H35N3O5.C22H25NO4S/c1-10-19-60-47-30(4)48-49(63-27-62-48)44-36(47)22-40-45-43-29(3)46(59-9)28(2)20-31(43)21-39(55(45)8)41(23-53)56(40)42(44)24-61-50(57)38(54-51(58)64-52(5,6)7)26-65-25-37-34-17-13-11-15-32(34)33-16-12-14-18-35(33)37;1-7-8-36-28-17(4)29-30(38-14-37-29)25-19(28)11-21-26-24-16(3)27(35-6)15(2)9-18(24)10-20(32(26)5)22(12-31)33(21)23(25)13-34;1-22(2,3)27-21(26)23-19(20(24)25)13-28-12-18-16-10-6-4-8-14(16)15-9-5-7-11-17(15)18/h10-18,20,37-42,45H,1,19,21-22,24-27H2,2-9H3,(H,54,58);7,9,20-23,26,34H,1,8,10-11,13-14H2,2-6H3;4-11,18-19H,12-13H2,1-3H3,(H,23,26)(H,24,25)/t38-,39-,40?,41-,42-,45-;20-,21?,22-,23-,26-;19-/m000/s1. The van der Waals surface area contributed by atoms with Crippen molar-refractivity contribution in [2.24, 2.45) is 0 Å². The smallest absolute Gasteiger partial charge is 0.408 e. The van der Waals surface area contributed by atoms with E-state index in [0.717, 1.165) is 85.1 Å². The second-order valence-corrected chi connectivity index (χ2v) is 39.5. The van der Waals surface area contributed by atoms with E-state index in [1.165, 1.54) is 78.5 Å². The van der Waals surface area contributed by atoms with Crippen LogP contribution >= 0.6 is 23.5 Å². The van der Waals surface area contributed by atoms with Crippen LogP contribution in [0.4, 0.5) is 9.59 Å². The number of likely N-dealkylation sites (N-methyl/N-ethyl adjacent to an activating group) is 2. The predicted molar refractivity (Wildman–Crippen MR) is 504 cm³/mol. The SMILES string of the molecule is C=CCOc1c(C)c2c(c3c1CC1[C@H]4c5c(cc(C)c(OC)c5C)C[C@@H]([C@H](C#N)N1[C@H]3CO)N4C)OCO2.C=CCOc1c(C)c2c(c3c1CC1[C@H]4c5c(cc(C)c(OC)c5C)C[C@@H]([C@H](C#N)N1[C@H]3COC(=O)[C@H](CSCC1c3ccccc3-c3ccccc31)NC(=O)OC(C)(C)C)N4C)OCO2.CC(C)(C)OC(=O)N[C@@H](CSCC1c2ccccc2-c2ccccc21)C(=O)O. The van der Waals surface area contributed by atoms with E-state index >= 15 is 0 Å². The minimum absolute atomic E-state index is 0.0105. The van der Waals surface area contributed by atoms with Gasteiger partial charge in [0.15, 0.2) is 23.0 Å². The second kappa shape index (κ2) is 38.1. The number of aliphatic hydroxyl groups excluding tert-OH is 1. The minimum atomic E-state index is -1.06. The second-order valence-electron chi connectivity index (χ2n) is 37.3. The van der Waals surface area contributed by atoms with Crippen LogP contribution in [0.25, 0.3) is 22.3 Å². The van der Waals surface area contributed by atoms with Crippen molar-refractivity contribution in [1.82, 2.24) is 30.2 Å². The van der Waals surface area contributed by atoms with Crippen LogP contribution in [-0.2, 0) is 49.5 Å². The first kappa shape index (κ1) is 92.9. The molecular formula is C104H118N8O17S2. The molecule has 8 aromatic rings. The van der Waals surface area contributed by atoms with Crippen molar-refractivity contribution < 1.29 is 81.5 Å². The van der Waals surface area contributed by atoms with Crippen LogP contribution in [-0.4, -0.2) is 205 Å². The molecule has 8 heterocycles. The van der Waals surface area contributed by atoms with E-state index in [0.29, 0.717) is 60.4 Å². The molecule has 2 amide bonds. The largest absolute Gasteiger partial charge is 0.496 e. The van der Waals surface area contributed by atoms with Crippen molar-refractivity contribution in [3.05, 3.63) is 235 Å². The molecule has 688 valence electrons. The number of nitriles is 2. The van der Waals surface area contributed by atoms with Gasteiger partial charge < -0.3 is 73.0 Å². The third-order valence-corrected chi connectivity index (χ3v) is 29.6. The third kappa shape index (κ3) is 17.3. The number of benzene rings is 8. The molecule has 0 radical (unpaired) electrons. The summed E-state index contributed by atoms with van der Waals surface area (Å²) in [5, 5.41) is 47.5. The number of aliphatic hydroxyl groups is 1. The summed E-state index contributed by atoms with van der Waals surface area (Å²) >= 11 is 3.11. The van der Waals surface area contributed by atoms with Crippen LogP contribution in [0, 0.1) is 64.2 Å². The van der Waals surface area contributed by atoms with Crippen LogP contribution < -0.4 is 48.5 Å². The van der Waals surface area contributed by atoms with Gasteiger partial charge in [0.1, 0.15) is 78.2 Å². The number of thioether (sulfide) groups is 2. The monoisotopic (exact) mass is 1810 g/mol. The molecule has 131 heavy (non-hydrogen) atoms. The fourth-order valence-corrected chi connectivity index (χ4v) is 24.7. The number of hydrogen-bond donors (Lipinski definition) is 4. The quantitative estimate of drug-likeness (QED) is 0.0263. The first-order valence-electron chi connectivity index (χ1n) is 44.9. The molecule has 0 aromatic heterocycles. The van der Waals surface area contributed by atoms with Crippen LogP contribution in [0.1, 0.15) is 178 Å². The van der Waals surface area contributed by atoms with E-state index in [2.05, 4.69) is 182 Å². The molecular weight excluding hydrogens is 1700 g/mol. The average Bonchev–Trinajstić information content (AvgIpc) is 1.30. The van der Waals surface area contributed by atoms with E-state index in [-0.39, 0.29) is 93.0 Å². The van der Waals surface area contributed by atoms with Gasteiger partial charge in [-0.25, -0.2) is 19.2 Å². The van der Waals surface area contributed by atoms with Gasteiger partial charge in [-0.1, -0.05) is 135 Å². The van der Waals surface area contributed by atoms with Crippen molar-refractivity contribution >= 4 is 47.6 Å². The molecule has 18 rings (SSSR count). The molecule has 10 aliphatic rings. The van der Waals surface area contributed by atoms with E-state index in [1.54, 1.807) is 79.7 Å². The maximum absolute atomic E-state index is 14.7. The molecule has 12 atom stereocenters. The number of ether oxygens (including phenoxy) is 11. The summed E-state index contributed by atoms with van der Waals surface area (Å²) in [4.78, 5) is 60.8. The van der Waals surface area contributed by atoms with Crippen molar-refractivity contribution in [2.45, 2.75) is 204 Å². The lowest BCUT2D eigenvalue weighted by Gasteiger charge is -2.60. The number of hydrogen-bond acceptors (Lipinski definition) is 24. The lowest BCUT2D eigenvalue weighted by atomic mass is 9.71. The van der Waals surface area contributed by atoms with Gasteiger partial charge in [-0.15, -0.1) is 0 Å². The molecule has 8 aromatic carbocycles. The van der Waals surface area contributed by atoms with Crippen molar-refractivity contribution in [3.63, 3.8) is 0 Å². The van der Waals surface area contributed by atoms with Gasteiger partial charge in [0.2, 0.25) is 13.6 Å². The van der Waals surface area contributed by atoms with Crippen LogP contribution in [0.3, 0.4) is 0 Å². The number of carboxylic acid groups (broad SMARTS) is 1. The minimum Gasteiger partial charge on any atom is -0.496 e. The average molecular weight is 1820 g/mol. The van der Waals surface area contributed by atoms with Gasteiger partial charge in [0, 0.05) is 92.4 Å². The van der Waals surface area contributed by atoms with Crippen molar-refractivity contribution in [2.75, 3.05) is 91.3 Å². The molecule has 8 aliphatic heterocycles. The molecule has 4 N–H and O–H groups in total. The number of aryl methyl sites for hydroxylation is 2. The summed E-state index contributed by atoms with van der Waals surface area (Å²) in [6, 6.07) is 38.6. The Morgan fingerprint density at radius 3 is 1.27 bits per heavy atom. The Labute approximate surface area is 775 Å². The normalized spacial score (nSPS) is 21.8. The van der Waals surface area contributed by atoms with Gasteiger partial charge in [0.05, 0.1) is 57.1 Å². The molecule has 2 fully saturated rings. The number of carbonyl (C=O) groups excluding carboxylic acids is 3. The number of rotatable bonds is 23. The zero-order valence-corrected chi connectivity index (χ0v) is 79.1. The highest BCUT2D eigenvalue weighted by molar-refractivity contribution is 7.99. The predicted octanol–water partition coefficient (Wildman–Crippen LogP) is 16.9. The summed E-state index contributed by atoms with van der Waals surface area (Å²) in [6.07, 6.45) is 4.61. The number of nitrogens with zero attached hydrogens (tertiary/aromatic N) is 6. The number of esters is 1. The van der Waals surface area contributed by atoms with Gasteiger partial charge in [-0.3, -0.25) is 19.6 Å². The Bertz CT molecular complexity index is 5800. The van der Waals surface area contributed by atoms with Crippen LogP contribution in [0.15, 0.2) is 135 Å². The van der Waals surface area contributed by atoms with Gasteiger partial charge >= 0.3 is 24.1 Å². The van der Waals surface area contributed by atoms with E-state index in [1.807, 2.05) is 38.1 Å². The molecule has 2 unspecified atom stereocenters.